The molecule has 1 heteroatoms. The van der Waals surface area contributed by atoms with E-state index in [2.05, 4.69) is 47.6 Å². The van der Waals surface area contributed by atoms with Crippen LogP contribution in [0.5, 0.6) is 0 Å². The van der Waals surface area contributed by atoms with Crippen LogP contribution in [0.2, 0.25) is 0 Å². The van der Waals surface area contributed by atoms with E-state index in [0.29, 0.717) is 11.3 Å². The number of benzene rings is 1. The highest BCUT2D eigenvalue weighted by atomic mass is 16.1. The lowest BCUT2D eigenvalue weighted by molar-refractivity contribution is 0.101. The Balaban J connectivity index is 2.73. The standard InChI is InChI=1S/C18H26O/c1-11-15(12(2)19)9-8-14-10-17(4,5)13(3)18(6,7)16(11)14/h8-9,13H,10H2,1-7H3. The molecule has 1 aromatic rings. The number of hydrogen-bond acceptors (Lipinski definition) is 1. The second-order valence-corrected chi connectivity index (χ2v) is 7.44. The zero-order valence-electron chi connectivity index (χ0n) is 13.3. The van der Waals surface area contributed by atoms with Gasteiger partial charge in [-0.3, -0.25) is 4.79 Å². The van der Waals surface area contributed by atoms with Crippen LogP contribution in [0, 0.1) is 18.3 Å². The summed E-state index contributed by atoms with van der Waals surface area (Å²) in [4.78, 5) is 11.8. The molecule has 1 aromatic carbocycles. The van der Waals surface area contributed by atoms with Gasteiger partial charge in [0.25, 0.3) is 0 Å². The van der Waals surface area contributed by atoms with Crippen molar-refractivity contribution in [3.05, 3.63) is 34.4 Å². The summed E-state index contributed by atoms with van der Waals surface area (Å²) < 4.78 is 0. The molecule has 1 unspecified atom stereocenters. The fourth-order valence-corrected chi connectivity index (χ4v) is 4.03. The average molecular weight is 258 g/mol. The first-order chi connectivity index (χ1) is 8.59. The van der Waals surface area contributed by atoms with E-state index in [4.69, 9.17) is 0 Å². The second kappa shape index (κ2) is 4.19. The van der Waals surface area contributed by atoms with Gasteiger partial charge in [-0.25, -0.2) is 0 Å². The van der Waals surface area contributed by atoms with Gasteiger partial charge in [0.2, 0.25) is 0 Å². The molecule has 0 heterocycles. The summed E-state index contributed by atoms with van der Waals surface area (Å²) >= 11 is 0. The van der Waals surface area contributed by atoms with Crippen LogP contribution in [-0.2, 0) is 11.8 Å². The Kier molecular flexibility index (Phi) is 3.16. The fourth-order valence-electron chi connectivity index (χ4n) is 4.03. The van der Waals surface area contributed by atoms with Gasteiger partial charge in [-0.1, -0.05) is 46.8 Å². The third-order valence-corrected chi connectivity index (χ3v) is 5.48. The zero-order valence-corrected chi connectivity index (χ0v) is 13.3. The van der Waals surface area contributed by atoms with E-state index in [1.807, 2.05) is 6.07 Å². The summed E-state index contributed by atoms with van der Waals surface area (Å²) in [6.07, 6.45) is 1.10. The van der Waals surface area contributed by atoms with Gasteiger partial charge in [-0.05, 0) is 53.7 Å². The molecular weight excluding hydrogens is 232 g/mol. The van der Waals surface area contributed by atoms with Gasteiger partial charge in [0.05, 0.1) is 0 Å². The molecule has 1 nitrogen and oxygen atoms in total. The first-order valence-electron chi connectivity index (χ1n) is 7.23. The van der Waals surface area contributed by atoms with Crippen LogP contribution in [0.15, 0.2) is 12.1 Å². The predicted octanol–water partition coefficient (Wildman–Crippen LogP) is 4.69. The topological polar surface area (TPSA) is 17.1 Å². The van der Waals surface area contributed by atoms with Gasteiger partial charge in [0.15, 0.2) is 5.78 Å². The van der Waals surface area contributed by atoms with E-state index in [1.54, 1.807) is 6.92 Å². The van der Waals surface area contributed by atoms with Crippen LogP contribution in [0.25, 0.3) is 0 Å². The zero-order chi connectivity index (χ0) is 14.6. The maximum absolute atomic E-state index is 11.8. The van der Waals surface area contributed by atoms with E-state index >= 15 is 0 Å². The minimum Gasteiger partial charge on any atom is -0.295 e. The third-order valence-electron chi connectivity index (χ3n) is 5.48. The Morgan fingerprint density at radius 2 is 1.79 bits per heavy atom. The van der Waals surface area contributed by atoms with Crippen LogP contribution in [0.1, 0.15) is 68.6 Å². The molecule has 2 rings (SSSR count). The quantitative estimate of drug-likeness (QED) is 0.668. The van der Waals surface area contributed by atoms with Crippen LogP contribution in [-0.4, -0.2) is 5.78 Å². The van der Waals surface area contributed by atoms with Crippen LogP contribution < -0.4 is 0 Å². The van der Waals surface area contributed by atoms with Crippen molar-refractivity contribution >= 4 is 5.78 Å². The van der Waals surface area contributed by atoms with Crippen LogP contribution >= 0.6 is 0 Å². The molecule has 0 aliphatic heterocycles. The number of Topliss-reactive ketones (excluding diaryl/α,β-unsaturated/α-hetero) is 1. The summed E-state index contributed by atoms with van der Waals surface area (Å²) in [7, 11) is 0. The molecule has 0 saturated heterocycles. The molecule has 0 radical (unpaired) electrons. The number of hydrogen-bond donors (Lipinski definition) is 0. The van der Waals surface area contributed by atoms with E-state index in [9.17, 15) is 4.79 Å². The second-order valence-electron chi connectivity index (χ2n) is 7.44. The van der Waals surface area contributed by atoms with E-state index in [-0.39, 0.29) is 11.2 Å². The van der Waals surface area contributed by atoms with Crippen molar-refractivity contribution in [1.82, 2.24) is 0 Å². The normalized spacial score (nSPS) is 23.8. The van der Waals surface area contributed by atoms with Crippen LogP contribution in [0.4, 0.5) is 0 Å². The number of carbonyl (C=O) groups excluding carboxylic acids is 1. The van der Waals surface area contributed by atoms with E-state index in [1.165, 1.54) is 16.7 Å². The van der Waals surface area contributed by atoms with Crippen molar-refractivity contribution in [3.8, 4) is 0 Å². The Hall–Kier alpha value is -1.11. The van der Waals surface area contributed by atoms with Crippen molar-refractivity contribution < 1.29 is 4.79 Å². The van der Waals surface area contributed by atoms with Gasteiger partial charge in [-0.2, -0.15) is 0 Å². The summed E-state index contributed by atoms with van der Waals surface area (Å²) in [5.41, 5.74) is 5.34. The maximum Gasteiger partial charge on any atom is 0.160 e. The molecule has 19 heavy (non-hydrogen) atoms. The van der Waals surface area contributed by atoms with Crippen molar-refractivity contribution in [2.45, 2.75) is 60.3 Å². The Labute approximate surface area is 117 Å². The fraction of sp³-hybridized carbons (Fsp3) is 0.611. The molecule has 0 bridgehead atoms. The highest BCUT2D eigenvalue weighted by Crippen LogP contribution is 2.51. The minimum atomic E-state index is 0.118. The highest BCUT2D eigenvalue weighted by Gasteiger charge is 2.45. The predicted molar refractivity (Wildman–Crippen MR) is 80.9 cm³/mol. The first-order valence-corrected chi connectivity index (χ1v) is 7.23. The molecule has 1 aliphatic carbocycles. The molecule has 0 spiro atoms. The monoisotopic (exact) mass is 258 g/mol. The number of fused-ring (bicyclic) bond motifs is 1. The van der Waals surface area contributed by atoms with E-state index < -0.39 is 0 Å². The Morgan fingerprint density at radius 1 is 1.21 bits per heavy atom. The molecular formula is C18H26O. The average Bonchev–Trinajstić information content (AvgIpc) is 2.25. The molecule has 1 aliphatic rings. The lowest BCUT2D eigenvalue weighted by Crippen LogP contribution is -2.44. The van der Waals surface area contributed by atoms with Gasteiger partial charge in [-0.15, -0.1) is 0 Å². The Morgan fingerprint density at radius 3 is 2.32 bits per heavy atom. The van der Waals surface area contributed by atoms with Gasteiger partial charge >= 0.3 is 0 Å². The highest BCUT2D eigenvalue weighted by molar-refractivity contribution is 5.96. The minimum absolute atomic E-state index is 0.118. The van der Waals surface area contributed by atoms with E-state index in [0.717, 1.165) is 12.0 Å². The lowest BCUT2D eigenvalue weighted by Gasteiger charge is -2.49. The number of ketones is 1. The molecule has 1 atom stereocenters. The summed E-state index contributed by atoms with van der Waals surface area (Å²) in [6.45, 7) is 15.5. The van der Waals surface area contributed by atoms with Gasteiger partial charge in [0.1, 0.15) is 0 Å². The number of carbonyl (C=O) groups is 1. The van der Waals surface area contributed by atoms with Gasteiger partial charge < -0.3 is 0 Å². The van der Waals surface area contributed by atoms with Crippen molar-refractivity contribution in [2.75, 3.05) is 0 Å². The smallest absolute Gasteiger partial charge is 0.160 e. The van der Waals surface area contributed by atoms with Crippen LogP contribution in [0.3, 0.4) is 0 Å². The summed E-state index contributed by atoms with van der Waals surface area (Å²) in [5.74, 6) is 0.766. The molecule has 0 saturated carbocycles. The first kappa shape index (κ1) is 14.3. The van der Waals surface area contributed by atoms with Gasteiger partial charge in [0, 0.05) is 5.56 Å². The summed E-state index contributed by atoms with van der Waals surface area (Å²) in [5, 5.41) is 0. The lowest BCUT2D eigenvalue weighted by atomic mass is 9.55. The number of rotatable bonds is 1. The molecule has 0 N–H and O–H groups in total. The molecule has 104 valence electrons. The SMILES string of the molecule is CC(=O)c1ccc2c(c1C)C(C)(C)C(C)C(C)(C)C2. The third kappa shape index (κ3) is 2.04. The molecule has 0 fully saturated rings. The largest absolute Gasteiger partial charge is 0.295 e. The Bertz CT molecular complexity index is 535. The summed E-state index contributed by atoms with van der Waals surface area (Å²) in [6, 6.07) is 4.19. The molecule has 0 amide bonds. The van der Waals surface area contributed by atoms with Crippen molar-refractivity contribution in [1.29, 1.82) is 0 Å². The van der Waals surface area contributed by atoms with Crippen molar-refractivity contribution in [3.63, 3.8) is 0 Å². The molecule has 0 aromatic heterocycles. The van der Waals surface area contributed by atoms with Crippen molar-refractivity contribution in [2.24, 2.45) is 11.3 Å². The maximum atomic E-state index is 11.8.